The lowest BCUT2D eigenvalue weighted by molar-refractivity contribution is 0.0996. The summed E-state index contributed by atoms with van der Waals surface area (Å²) < 4.78 is 37.9. The van der Waals surface area contributed by atoms with E-state index in [-0.39, 0.29) is 10.6 Å². The lowest BCUT2D eigenvalue weighted by Gasteiger charge is -2.08. The number of carbonyl (C=O) groups is 1. The number of sulfonamides is 1. The summed E-state index contributed by atoms with van der Waals surface area (Å²) >= 11 is 0. The van der Waals surface area contributed by atoms with E-state index >= 15 is 0 Å². The third-order valence-electron chi connectivity index (χ3n) is 3.13. The number of benzene rings is 2. The number of para-hydroxylation sites is 1. The van der Waals surface area contributed by atoms with Crippen LogP contribution in [-0.2, 0) is 10.0 Å². The molecule has 0 atom stereocenters. The molecule has 118 valence electrons. The van der Waals surface area contributed by atoms with Crippen LogP contribution >= 0.6 is 0 Å². The zero-order chi connectivity index (χ0) is 16.6. The van der Waals surface area contributed by atoms with E-state index in [0.29, 0.717) is 10.9 Å². The standard InChI is InChI=1S/C14H11FN4O3S/c15-9-4-3-5-10(8-9)23(21,22)18-19-12-7-2-1-6-11(12)13(17-19)14(16)20/h1-8,18H,(H2,16,20). The van der Waals surface area contributed by atoms with Crippen molar-refractivity contribution in [3.63, 3.8) is 0 Å². The van der Waals surface area contributed by atoms with Crippen molar-refractivity contribution in [2.45, 2.75) is 4.90 Å². The van der Waals surface area contributed by atoms with Crippen LogP contribution in [0.15, 0.2) is 53.4 Å². The Morgan fingerprint density at radius 2 is 1.91 bits per heavy atom. The first-order valence-electron chi connectivity index (χ1n) is 6.44. The number of amides is 1. The van der Waals surface area contributed by atoms with Gasteiger partial charge in [0.2, 0.25) is 0 Å². The van der Waals surface area contributed by atoms with Crippen molar-refractivity contribution in [3.05, 3.63) is 60.0 Å². The molecule has 7 nitrogen and oxygen atoms in total. The van der Waals surface area contributed by atoms with Crippen molar-refractivity contribution in [3.8, 4) is 0 Å². The number of primary amides is 1. The van der Waals surface area contributed by atoms with Gasteiger partial charge in [-0.15, -0.1) is 5.10 Å². The summed E-state index contributed by atoms with van der Waals surface area (Å²) in [6, 6.07) is 11.0. The van der Waals surface area contributed by atoms with E-state index in [2.05, 4.69) is 9.93 Å². The highest BCUT2D eigenvalue weighted by atomic mass is 32.2. The van der Waals surface area contributed by atoms with E-state index in [9.17, 15) is 17.6 Å². The van der Waals surface area contributed by atoms with Crippen molar-refractivity contribution < 1.29 is 17.6 Å². The van der Waals surface area contributed by atoms with Crippen molar-refractivity contribution in [1.82, 2.24) is 9.89 Å². The minimum absolute atomic E-state index is 0.0671. The van der Waals surface area contributed by atoms with Crippen LogP contribution in [0, 0.1) is 5.82 Å². The molecule has 2 aromatic carbocycles. The van der Waals surface area contributed by atoms with E-state index in [1.54, 1.807) is 24.3 Å². The highest BCUT2D eigenvalue weighted by Crippen LogP contribution is 2.19. The Hall–Kier alpha value is -2.94. The number of fused-ring (bicyclic) bond motifs is 1. The first-order valence-corrected chi connectivity index (χ1v) is 7.93. The number of nitrogens with zero attached hydrogens (tertiary/aromatic N) is 2. The van der Waals surface area contributed by atoms with Crippen LogP contribution in [0.4, 0.5) is 4.39 Å². The van der Waals surface area contributed by atoms with Gasteiger partial charge in [0, 0.05) is 5.39 Å². The lowest BCUT2D eigenvalue weighted by Crippen LogP contribution is -2.25. The SMILES string of the molecule is NC(=O)c1nn(NS(=O)(=O)c2cccc(F)c2)c2ccccc12. The molecule has 0 unspecified atom stereocenters. The molecule has 9 heteroatoms. The zero-order valence-electron chi connectivity index (χ0n) is 11.6. The fraction of sp³-hybridized carbons (Fsp3) is 0. The van der Waals surface area contributed by atoms with Gasteiger partial charge < -0.3 is 5.73 Å². The van der Waals surface area contributed by atoms with Crippen LogP contribution in [0.5, 0.6) is 0 Å². The van der Waals surface area contributed by atoms with Crippen LogP contribution in [0.2, 0.25) is 0 Å². The summed E-state index contributed by atoms with van der Waals surface area (Å²) in [6.45, 7) is 0. The molecule has 1 heterocycles. The summed E-state index contributed by atoms with van der Waals surface area (Å²) in [5.74, 6) is -1.47. The van der Waals surface area contributed by atoms with Gasteiger partial charge in [0.15, 0.2) is 5.69 Å². The van der Waals surface area contributed by atoms with Gasteiger partial charge in [-0.3, -0.25) is 4.79 Å². The van der Waals surface area contributed by atoms with E-state index in [4.69, 9.17) is 5.73 Å². The van der Waals surface area contributed by atoms with Gasteiger partial charge in [-0.2, -0.15) is 18.0 Å². The second kappa shape index (κ2) is 5.36. The average molecular weight is 334 g/mol. The molecule has 0 saturated heterocycles. The van der Waals surface area contributed by atoms with Crippen LogP contribution in [0.1, 0.15) is 10.5 Å². The average Bonchev–Trinajstić information content (AvgIpc) is 2.86. The fourth-order valence-corrected chi connectivity index (χ4v) is 3.12. The Bertz CT molecular complexity index is 1010. The molecular weight excluding hydrogens is 323 g/mol. The summed E-state index contributed by atoms with van der Waals surface area (Å²) in [5, 5.41) is 4.28. The summed E-state index contributed by atoms with van der Waals surface area (Å²) in [6.07, 6.45) is 0. The van der Waals surface area contributed by atoms with Gasteiger partial charge >= 0.3 is 0 Å². The Balaban J connectivity index is 2.10. The minimum atomic E-state index is -4.08. The van der Waals surface area contributed by atoms with E-state index in [1.165, 1.54) is 12.1 Å². The van der Waals surface area contributed by atoms with E-state index in [0.717, 1.165) is 16.9 Å². The quantitative estimate of drug-likeness (QED) is 0.747. The van der Waals surface area contributed by atoms with Gasteiger partial charge in [-0.25, -0.2) is 4.39 Å². The maximum Gasteiger partial charge on any atom is 0.276 e. The first-order chi connectivity index (χ1) is 10.9. The molecule has 0 aliphatic heterocycles. The highest BCUT2D eigenvalue weighted by Gasteiger charge is 2.20. The van der Waals surface area contributed by atoms with Crippen LogP contribution < -0.4 is 10.6 Å². The minimum Gasteiger partial charge on any atom is -0.364 e. The molecule has 0 spiro atoms. The maximum absolute atomic E-state index is 13.2. The number of nitrogens with one attached hydrogen (secondary N) is 1. The van der Waals surface area contributed by atoms with E-state index in [1.807, 2.05) is 0 Å². The Morgan fingerprint density at radius 1 is 1.17 bits per heavy atom. The number of hydrogen-bond acceptors (Lipinski definition) is 4. The topological polar surface area (TPSA) is 107 Å². The summed E-state index contributed by atoms with van der Waals surface area (Å²) in [7, 11) is -4.08. The molecule has 1 aromatic heterocycles. The number of halogens is 1. The van der Waals surface area contributed by atoms with Crippen molar-refractivity contribution in [2.75, 3.05) is 4.83 Å². The lowest BCUT2D eigenvalue weighted by atomic mass is 10.2. The second-order valence-electron chi connectivity index (χ2n) is 4.69. The Morgan fingerprint density at radius 3 is 2.61 bits per heavy atom. The van der Waals surface area contributed by atoms with Gasteiger partial charge in [0.25, 0.3) is 15.9 Å². The number of nitrogens with two attached hydrogens (primary N) is 1. The number of carbonyl (C=O) groups excluding carboxylic acids is 1. The summed E-state index contributed by atoms with van der Waals surface area (Å²) in [5.41, 5.74) is 5.53. The molecule has 1 amide bonds. The molecule has 0 aliphatic rings. The van der Waals surface area contributed by atoms with E-state index < -0.39 is 21.7 Å². The van der Waals surface area contributed by atoms with Crippen molar-refractivity contribution in [1.29, 1.82) is 0 Å². The number of hydrogen-bond donors (Lipinski definition) is 2. The largest absolute Gasteiger partial charge is 0.364 e. The molecule has 3 rings (SSSR count). The monoisotopic (exact) mass is 334 g/mol. The third-order valence-corrected chi connectivity index (χ3v) is 4.42. The summed E-state index contributed by atoms with van der Waals surface area (Å²) in [4.78, 5) is 14.3. The van der Waals surface area contributed by atoms with Crippen molar-refractivity contribution in [2.24, 2.45) is 5.73 Å². The third kappa shape index (κ3) is 2.73. The second-order valence-corrected chi connectivity index (χ2v) is 6.35. The fourth-order valence-electron chi connectivity index (χ4n) is 2.12. The molecule has 0 aliphatic carbocycles. The maximum atomic E-state index is 13.2. The number of rotatable bonds is 4. The highest BCUT2D eigenvalue weighted by molar-refractivity contribution is 7.92. The van der Waals surface area contributed by atoms with Gasteiger partial charge in [-0.05, 0) is 24.3 Å². The molecule has 23 heavy (non-hydrogen) atoms. The predicted octanol–water partition coefficient (Wildman–Crippen LogP) is 1.21. The number of aromatic nitrogens is 2. The van der Waals surface area contributed by atoms with Crippen LogP contribution in [-0.4, -0.2) is 24.2 Å². The molecule has 0 fully saturated rings. The first kappa shape index (κ1) is 15.0. The molecule has 3 N–H and O–H groups in total. The Kier molecular flexibility index (Phi) is 3.49. The molecule has 0 bridgehead atoms. The van der Waals surface area contributed by atoms with Gasteiger partial charge in [0.05, 0.1) is 10.4 Å². The van der Waals surface area contributed by atoms with Crippen molar-refractivity contribution >= 4 is 26.8 Å². The molecule has 0 radical (unpaired) electrons. The molecular formula is C14H11FN4O3S. The van der Waals surface area contributed by atoms with Gasteiger partial charge in [0.1, 0.15) is 5.82 Å². The Labute approximate surface area is 130 Å². The molecule has 3 aromatic rings. The van der Waals surface area contributed by atoms with Gasteiger partial charge in [-0.1, -0.05) is 24.3 Å². The van der Waals surface area contributed by atoms with Crippen LogP contribution in [0.25, 0.3) is 10.9 Å². The molecule has 0 saturated carbocycles. The smallest absolute Gasteiger partial charge is 0.276 e. The normalized spacial score (nSPS) is 11.5. The zero-order valence-corrected chi connectivity index (χ0v) is 12.4. The predicted molar refractivity (Wildman–Crippen MR) is 81.2 cm³/mol. The van der Waals surface area contributed by atoms with Crippen LogP contribution in [0.3, 0.4) is 0 Å².